The van der Waals surface area contributed by atoms with Gasteiger partial charge in [0.2, 0.25) is 0 Å². The van der Waals surface area contributed by atoms with Crippen LogP contribution in [-0.2, 0) is 9.47 Å². The summed E-state index contributed by atoms with van der Waals surface area (Å²) in [5, 5.41) is 0. The summed E-state index contributed by atoms with van der Waals surface area (Å²) in [5.74, 6) is -0.337. The summed E-state index contributed by atoms with van der Waals surface area (Å²) in [6.45, 7) is 12.4. The third-order valence-electron chi connectivity index (χ3n) is 11.0. The minimum atomic E-state index is -0.337. The van der Waals surface area contributed by atoms with Crippen molar-refractivity contribution < 1.29 is 9.47 Å². The van der Waals surface area contributed by atoms with Gasteiger partial charge in [-0.1, -0.05) is 160 Å². The van der Waals surface area contributed by atoms with Gasteiger partial charge in [-0.2, -0.15) is 0 Å². The van der Waals surface area contributed by atoms with Gasteiger partial charge in [-0.15, -0.1) is 0 Å². The summed E-state index contributed by atoms with van der Waals surface area (Å²) in [6, 6.07) is 0. The topological polar surface area (TPSA) is 18.5 Å². The average Bonchev–Trinajstić information content (AvgIpc) is 3.53. The Hall–Kier alpha value is -1.12. The Labute approximate surface area is 302 Å². The summed E-state index contributed by atoms with van der Waals surface area (Å²) in [4.78, 5) is 0. The van der Waals surface area contributed by atoms with Crippen LogP contribution in [-0.4, -0.2) is 18.5 Å². The Kier molecular flexibility index (Phi) is 29.8. The first-order chi connectivity index (χ1) is 23.6. The van der Waals surface area contributed by atoms with Gasteiger partial charge in [0.25, 0.3) is 0 Å². The van der Waals surface area contributed by atoms with Crippen molar-refractivity contribution in [2.24, 2.45) is 5.41 Å². The second kappa shape index (κ2) is 31.8. The first kappa shape index (κ1) is 44.9. The molecule has 0 radical (unpaired) electrons. The van der Waals surface area contributed by atoms with Crippen LogP contribution >= 0.6 is 0 Å². The quantitative estimate of drug-likeness (QED) is 0.0502. The Bertz CT molecular complexity index is 803. The number of hydrogen-bond acceptors (Lipinski definition) is 2. The molecule has 0 aliphatic carbocycles. The van der Waals surface area contributed by atoms with E-state index in [9.17, 15) is 0 Å². The molecule has 1 fully saturated rings. The van der Waals surface area contributed by atoms with Crippen LogP contribution in [0.5, 0.6) is 0 Å². The molecule has 0 aromatic rings. The summed E-state index contributed by atoms with van der Waals surface area (Å²) in [7, 11) is 0. The number of hydrogen-bond donors (Lipinski definition) is 0. The predicted octanol–water partition coefficient (Wildman–Crippen LogP) is 15.7. The standard InChI is InChI=1S/C46H84O2/c1-6-11-13-15-17-19-21-23-25-27-29-31-33-35-37-39-42-46(47-43-44(48-46)45(9-4,10-5)40-8-3)41-38-36-34-32-30-28-26-24-22-20-18-16-14-12-7-2/h17-20,23-26,44H,6-16,21-22,27-43H2,1-5H3/b19-17-,20-18-,25-23-,26-24-. The first-order valence-electron chi connectivity index (χ1n) is 21.5. The fourth-order valence-electron chi connectivity index (χ4n) is 7.55. The molecule has 2 atom stereocenters. The highest BCUT2D eigenvalue weighted by atomic mass is 16.7. The zero-order chi connectivity index (χ0) is 34.9. The maximum absolute atomic E-state index is 7.04. The van der Waals surface area contributed by atoms with Crippen molar-refractivity contribution in [3.63, 3.8) is 0 Å². The summed E-state index contributed by atoms with van der Waals surface area (Å²) >= 11 is 0. The van der Waals surface area contributed by atoms with Crippen molar-refractivity contribution in [1.29, 1.82) is 0 Å². The Morgan fingerprint density at radius 1 is 0.479 bits per heavy atom. The predicted molar refractivity (Wildman–Crippen MR) is 215 cm³/mol. The Morgan fingerprint density at radius 2 is 0.875 bits per heavy atom. The van der Waals surface area contributed by atoms with E-state index in [0.717, 1.165) is 32.3 Å². The van der Waals surface area contributed by atoms with E-state index in [1.54, 1.807) is 0 Å². The third-order valence-corrected chi connectivity index (χ3v) is 11.0. The molecule has 280 valence electrons. The lowest BCUT2D eigenvalue weighted by molar-refractivity contribution is -0.193. The molecule has 48 heavy (non-hydrogen) atoms. The molecule has 2 nitrogen and oxygen atoms in total. The second-order valence-corrected chi connectivity index (χ2v) is 15.0. The van der Waals surface area contributed by atoms with Crippen LogP contribution < -0.4 is 0 Å². The number of unbranched alkanes of at least 4 members (excludes halogenated alkanes) is 17. The van der Waals surface area contributed by atoms with Gasteiger partial charge in [0.15, 0.2) is 5.79 Å². The molecule has 0 saturated carbocycles. The first-order valence-corrected chi connectivity index (χ1v) is 21.5. The van der Waals surface area contributed by atoms with Crippen LogP contribution in [0.4, 0.5) is 0 Å². The van der Waals surface area contributed by atoms with Crippen LogP contribution in [0.15, 0.2) is 48.6 Å². The van der Waals surface area contributed by atoms with Crippen molar-refractivity contribution in [3.8, 4) is 0 Å². The van der Waals surface area contributed by atoms with E-state index in [-0.39, 0.29) is 17.3 Å². The van der Waals surface area contributed by atoms with E-state index in [1.165, 1.54) is 161 Å². The van der Waals surface area contributed by atoms with Crippen LogP contribution in [0, 0.1) is 5.41 Å². The summed E-state index contributed by atoms with van der Waals surface area (Å²) in [6.07, 6.45) is 55.8. The monoisotopic (exact) mass is 669 g/mol. The summed E-state index contributed by atoms with van der Waals surface area (Å²) < 4.78 is 13.7. The molecule has 2 unspecified atom stereocenters. The highest BCUT2D eigenvalue weighted by Crippen LogP contribution is 2.45. The number of rotatable bonds is 34. The van der Waals surface area contributed by atoms with E-state index < -0.39 is 0 Å². The van der Waals surface area contributed by atoms with Crippen molar-refractivity contribution in [2.45, 2.75) is 233 Å². The van der Waals surface area contributed by atoms with Crippen LogP contribution in [0.2, 0.25) is 0 Å². The zero-order valence-corrected chi connectivity index (χ0v) is 33.2. The van der Waals surface area contributed by atoms with E-state index >= 15 is 0 Å². The maximum Gasteiger partial charge on any atom is 0.168 e. The molecule has 0 aromatic carbocycles. The number of allylic oxidation sites excluding steroid dienone is 8. The Morgan fingerprint density at radius 3 is 1.27 bits per heavy atom. The largest absolute Gasteiger partial charge is 0.347 e. The van der Waals surface area contributed by atoms with Crippen LogP contribution in [0.3, 0.4) is 0 Å². The lowest BCUT2D eigenvalue weighted by Crippen LogP contribution is -2.39. The SMILES string of the molecule is CCCCC/C=C\C/C=C\CCCCCCCCC1(CCCCCCC/C=C\C/C=C\CCCCC)OCC(C(CC)(CC)CCC)O1. The molecule has 0 amide bonds. The second-order valence-electron chi connectivity index (χ2n) is 15.0. The van der Waals surface area contributed by atoms with Crippen molar-refractivity contribution in [1.82, 2.24) is 0 Å². The molecule has 1 heterocycles. The molecule has 0 N–H and O–H groups in total. The van der Waals surface area contributed by atoms with E-state index in [1.807, 2.05) is 0 Å². The molecule has 1 rings (SSSR count). The fraction of sp³-hybridized carbons (Fsp3) is 0.826. The lowest BCUT2D eigenvalue weighted by atomic mass is 9.74. The zero-order valence-electron chi connectivity index (χ0n) is 33.2. The Balaban J connectivity index is 2.35. The van der Waals surface area contributed by atoms with Gasteiger partial charge in [-0.05, 0) is 102 Å². The van der Waals surface area contributed by atoms with E-state index in [0.29, 0.717) is 0 Å². The minimum Gasteiger partial charge on any atom is -0.347 e. The van der Waals surface area contributed by atoms with Crippen molar-refractivity contribution in [2.75, 3.05) is 6.61 Å². The highest BCUT2D eigenvalue weighted by molar-refractivity contribution is 4.94. The molecule has 1 aliphatic heterocycles. The maximum atomic E-state index is 7.04. The van der Waals surface area contributed by atoms with Gasteiger partial charge < -0.3 is 9.47 Å². The smallest absolute Gasteiger partial charge is 0.168 e. The highest BCUT2D eigenvalue weighted by Gasteiger charge is 2.48. The van der Waals surface area contributed by atoms with Crippen LogP contribution in [0.25, 0.3) is 0 Å². The molecule has 1 aliphatic rings. The van der Waals surface area contributed by atoms with Crippen LogP contribution in [0.1, 0.15) is 221 Å². The molecular weight excluding hydrogens is 585 g/mol. The van der Waals surface area contributed by atoms with Gasteiger partial charge in [0.1, 0.15) is 0 Å². The molecule has 0 bridgehead atoms. The van der Waals surface area contributed by atoms with E-state index in [4.69, 9.17) is 9.47 Å². The fourth-order valence-corrected chi connectivity index (χ4v) is 7.55. The summed E-state index contributed by atoms with van der Waals surface area (Å²) in [5.41, 5.74) is 0.272. The molecular formula is C46H84O2. The molecule has 1 saturated heterocycles. The van der Waals surface area contributed by atoms with Gasteiger partial charge in [0.05, 0.1) is 12.7 Å². The lowest BCUT2D eigenvalue weighted by Gasteiger charge is -2.38. The molecule has 0 spiro atoms. The third kappa shape index (κ3) is 21.9. The van der Waals surface area contributed by atoms with Crippen molar-refractivity contribution >= 4 is 0 Å². The normalized spacial score (nSPS) is 19.0. The average molecular weight is 669 g/mol. The van der Waals surface area contributed by atoms with Gasteiger partial charge >= 0.3 is 0 Å². The molecule has 0 aromatic heterocycles. The van der Waals surface area contributed by atoms with Gasteiger partial charge in [0, 0.05) is 12.8 Å². The molecule has 2 heteroatoms. The van der Waals surface area contributed by atoms with E-state index in [2.05, 4.69) is 83.2 Å². The van der Waals surface area contributed by atoms with Gasteiger partial charge in [-0.25, -0.2) is 0 Å². The van der Waals surface area contributed by atoms with Gasteiger partial charge in [-0.3, -0.25) is 0 Å². The van der Waals surface area contributed by atoms with Crippen molar-refractivity contribution in [3.05, 3.63) is 48.6 Å². The minimum absolute atomic E-state index is 0.259. The number of ether oxygens (including phenoxy) is 2.